The smallest absolute Gasteiger partial charge is 0.254 e. The zero-order valence-electron chi connectivity index (χ0n) is 20.4. The van der Waals surface area contributed by atoms with Crippen LogP contribution < -0.4 is 4.90 Å². The first-order valence-electron chi connectivity index (χ1n) is 12.0. The van der Waals surface area contributed by atoms with Crippen LogP contribution in [0.1, 0.15) is 22.3 Å². The number of anilines is 1. The standard InChI is InChI=1S/C28H30FN5O2/c1-3-15-34(28(36)23-9-11-24(29)12-10-23)20-27(35)33-17-4-16-32(18-19-33)26-14-13-25(30-31-26)22-7-5-21(2)6-8-22/h3,5-14H,1,4,15-20H2,2H3. The van der Waals surface area contributed by atoms with Gasteiger partial charge in [-0.1, -0.05) is 35.9 Å². The van der Waals surface area contributed by atoms with Gasteiger partial charge in [0.2, 0.25) is 5.91 Å². The van der Waals surface area contributed by atoms with Gasteiger partial charge in [0.15, 0.2) is 5.82 Å². The molecule has 0 radical (unpaired) electrons. The van der Waals surface area contributed by atoms with Gasteiger partial charge in [0.05, 0.1) is 5.69 Å². The molecule has 0 aliphatic carbocycles. The molecule has 0 atom stereocenters. The first kappa shape index (κ1) is 25.0. The van der Waals surface area contributed by atoms with Crippen molar-refractivity contribution < 1.29 is 14.0 Å². The quantitative estimate of drug-likeness (QED) is 0.472. The summed E-state index contributed by atoms with van der Waals surface area (Å²) in [5.74, 6) is -0.0972. The Morgan fingerprint density at radius 2 is 1.72 bits per heavy atom. The number of nitrogens with zero attached hydrogens (tertiary/aromatic N) is 5. The minimum Gasteiger partial charge on any atom is -0.353 e. The average molecular weight is 488 g/mol. The first-order chi connectivity index (χ1) is 17.4. The normalized spacial score (nSPS) is 13.7. The van der Waals surface area contributed by atoms with Crippen molar-refractivity contribution >= 4 is 17.6 Å². The van der Waals surface area contributed by atoms with E-state index in [2.05, 4.69) is 33.8 Å². The second-order valence-electron chi connectivity index (χ2n) is 8.85. The maximum absolute atomic E-state index is 13.2. The molecule has 186 valence electrons. The zero-order chi connectivity index (χ0) is 25.5. The predicted octanol–water partition coefficient (Wildman–Crippen LogP) is 3.96. The van der Waals surface area contributed by atoms with Crippen LogP contribution in [0.3, 0.4) is 0 Å². The van der Waals surface area contributed by atoms with Crippen molar-refractivity contribution in [1.82, 2.24) is 20.0 Å². The number of hydrogen-bond acceptors (Lipinski definition) is 5. The second kappa shape index (κ2) is 11.6. The van der Waals surface area contributed by atoms with Crippen LogP contribution in [0.5, 0.6) is 0 Å². The van der Waals surface area contributed by atoms with Gasteiger partial charge in [-0.25, -0.2) is 4.39 Å². The van der Waals surface area contributed by atoms with Gasteiger partial charge in [-0.15, -0.1) is 16.8 Å². The van der Waals surface area contributed by atoms with Gasteiger partial charge in [-0.2, -0.15) is 0 Å². The topological polar surface area (TPSA) is 69.6 Å². The third-order valence-electron chi connectivity index (χ3n) is 6.22. The molecule has 0 bridgehead atoms. The van der Waals surface area contributed by atoms with Gasteiger partial charge in [0, 0.05) is 43.9 Å². The molecule has 1 aliphatic rings. The summed E-state index contributed by atoms with van der Waals surface area (Å²) in [5, 5.41) is 8.83. The molecule has 2 aromatic carbocycles. The predicted molar refractivity (Wildman–Crippen MR) is 138 cm³/mol. The van der Waals surface area contributed by atoms with E-state index in [-0.39, 0.29) is 24.9 Å². The van der Waals surface area contributed by atoms with E-state index in [0.29, 0.717) is 25.2 Å². The lowest BCUT2D eigenvalue weighted by molar-refractivity contribution is -0.131. The summed E-state index contributed by atoms with van der Waals surface area (Å²) in [7, 11) is 0. The van der Waals surface area contributed by atoms with E-state index in [1.807, 2.05) is 31.2 Å². The van der Waals surface area contributed by atoms with Crippen LogP contribution in [0.25, 0.3) is 11.3 Å². The number of aryl methyl sites for hydroxylation is 1. The highest BCUT2D eigenvalue weighted by Gasteiger charge is 2.24. The van der Waals surface area contributed by atoms with Crippen molar-refractivity contribution in [3.8, 4) is 11.3 Å². The highest BCUT2D eigenvalue weighted by atomic mass is 19.1. The summed E-state index contributed by atoms with van der Waals surface area (Å²) in [6.07, 6.45) is 2.36. The summed E-state index contributed by atoms with van der Waals surface area (Å²) >= 11 is 0. The summed E-state index contributed by atoms with van der Waals surface area (Å²) in [6, 6.07) is 17.4. The van der Waals surface area contributed by atoms with Crippen molar-refractivity contribution in [1.29, 1.82) is 0 Å². The van der Waals surface area contributed by atoms with Crippen LogP contribution in [-0.2, 0) is 4.79 Å². The molecular weight excluding hydrogens is 457 g/mol. The Hall–Kier alpha value is -4.07. The van der Waals surface area contributed by atoms with Crippen molar-refractivity contribution in [2.75, 3.05) is 44.2 Å². The number of halogens is 1. The highest BCUT2D eigenvalue weighted by Crippen LogP contribution is 2.20. The number of benzene rings is 2. The molecular formula is C28H30FN5O2. The molecule has 0 saturated carbocycles. The molecule has 8 heteroatoms. The van der Waals surface area contributed by atoms with Crippen molar-refractivity contribution in [2.24, 2.45) is 0 Å². The molecule has 2 heterocycles. The number of aromatic nitrogens is 2. The fourth-order valence-electron chi connectivity index (χ4n) is 4.18. The van der Waals surface area contributed by atoms with Crippen molar-refractivity contribution in [2.45, 2.75) is 13.3 Å². The maximum atomic E-state index is 13.2. The van der Waals surface area contributed by atoms with Crippen LogP contribution in [0.2, 0.25) is 0 Å². The Morgan fingerprint density at radius 1 is 0.972 bits per heavy atom. The summed E-state index contributed by atoms with van der Waals surface area (Å²) in [5.41, 5.74) is 3.37. The van der Waals surface area contributed by atoms with E-state index in [9.17, 15) is 14.0 Å². The Labute approximate surface area is 210 Å². The van der Waals surface area contributed by atoms with Crippen LogP contribution in [-0.4, -0.2) is 71.1 Å². The molecule has 0 unspecified atom stereocenters. The van der Waals surface area contributed by atoms with Crippen LogP contribution in [0.15, 0.2) is 73.3 Å². The lowest BCUT2D eigenvalue weighted by atomic mass is 10.1. The Bertz CT molecular complexity index is 1200. The molecule has 0 spiro atoms. The van der Waals surface area contributed by atoms with Gasteiger partial charge in [0.25, 0.3) is 5.91 Å². The van der Waals surface area contributed by atoms with E-state index < -0.39 is 5.82 Å². The van der Waals surface area contributed by atoms with E-state index in [1.54, 1.807) is 11.0 Å². The van der Waals surface area contributed by atoms with Gasteiger partial charge < -0.3 is 14.7 Å². The summed E-state index contributed by atoms with van der Waals surface area (Å²) < 4.78 is 13.2. The lowest BCUT2D eigenvalue weighted by Gasteiger charge is -2.26. The Morgan fingerprint density at radius 3 is 2.39 bits per heavy atom. The minimum atomic E-state index is -0.415. The fraction of sp³-hybridized carbons (Fsp3) is 0.286. The number of rotatable bonds is 7. The molecule has 7 nitrogen and oxygen atoms in total. The molecule has 4 rings (SSSR count). The van der Waals surface area contributed by atoms with Crippen LogP contribution in [0.4, 0.5) is 10.2 Å². The summed E-state index contributed by atoms with van der Waals surface area (Å²) in [6.45, 7) is 8.41. The molecule has 2 amide bonds. The molecule has 3 aromatic rings. The first-order valence-corrected chi connectivity index (χ1v) is 12.0. The van der Waals surface area contributed by atoms with E-state index in [1.165, 1.54) is 34.7 Å². The maximum Gasteiger partial charge on any atom is 0.254 e. The Balaban J connectivity index is 1.37. The zero-order valence-corrected chi connectivity index (χ0v) is 20.4. The molecule has 1 saturated heterocycles. The van der Waals surface area contributed by atoms with Gasteiger partial charge in [0.1, 0.15) is 12.4 Å². The lowest BCUT2D eigenvalue weighted by Crippen LogP contribution is -2.44. The van der Waals surface area contributed by atoms with Crippen LogP contribution in [0, 0.1) is 12.7 Å². The molecule has 1 aliphatic heterocycles. The SMILES string of the molecule is C=CCN(CC(=O)N1CCCN(c2ccc(-c3ccc(C)cc3)nn2)CC1)C(=O)c1ccc(F)cc1. The van der Waals surface area contributed by atoms with E-state index in [0.717, 1.165) is 30.0 Å². The number of hydrogen-bond donors (Lipinski definition) is 0. The minimum absolute atomic E-state index is 0.0622. The fourth-order valence-corrected chi connectivity index (χ4v) is 4.18. The molecule has 1 aromatic heterocycles. The van der Waals surface area contributed by atoms with Gasteiger partial charge in [-0.05, 0) is 49.7 Å². The third kappa shape index (κ3) is 6.13. The summed E-state index contributed by atoms with van der Waals surface area (Å²) in [4.78, 5) is 31.3. The molecule has 1 fully saturated rings. The van der Waals surface area contributed by atoms with E-state index >= 15 is 0 Å². The number of carbonyl (C=O) groups excluding carboxylic acids is 2. The monoisotopic (exact) mass is 487 g/mol. The highest BCUT2D eigenvalue weighted by molar-refractivity contribution is 5.96. The second-order valence-corrected chi connectivity index (χ2v) is 8.85. The van der Waals surface area contributed by atoms with E-state index in [4.69, 9.17) is 0 Å². The van der Waals surface area contributed by atoms with Crippen molar-refractivity contribution in [3.05, 3.63) is 90.3 Å². The average Bonchev–Trinajstić information content (AvgIpc) is 3.16. The number of carbonyl (C=O) groups is 2. The van der Waals surface area contributed by atoms with Crippen molar-refractivity contribution in [3.63, 3.8) is 0 Å². The third-order valence-corrected chi connectivity index (χ3v) is 6.22. The molecule has 36 heavy (non-hydrogen) atoms. The number of amides is 2. The van der Waals surface area contributed by atoms with Gasteiger partial charge >= 0.3 is 0 Å². The van der Waals surface area contributed by atoms with Gasteiger partial charge in [-0.3, -0.25) is 9.59 Å². The largest absolute Gasteiger partial charge is 0.353 e. The Kier molecular flexibility index (Phi) is 8.05. The van der Waals surface area contributed by atoms with Crippen LogP contribution >= 0.6 is 0 Å². The molecule has 0 N–H and O–H groups in total.